The zero-order valence-electron chi connectivity index (χ0n) is 6.73. The van der Waals surface area contributed by atoms with Crippen LogP contribution in [0.25, 0.3) is 10.8 Å². The van der Waals surface area contributed by atoms with Gasteiger partial charge in [-0.3, -0.25) is 10.1 Å². The Kier molecular flexibility index (Phi) is 1.70. The molecule has 0 heterocycles. The minimum atomic E-state index is -0.402. The zero-order chi connectivity index (χ0) is 9.26. The smallest absolute Gasteiger partial charge is 0.258 e. The molecule has 3 heteroatoms. The molecule has 0 bridgehead atoms. The Hall–Kier alpha value is -1.90. The zero-order valence-corrected chi connectivity index (χ0v) is 6.73. The number of rotatable bonds is 1. The van der Waals surface area contributed by atoms with Gasteiger partial charge in [-0.05, 0) is 22.9 Å². The van der Waals surface area contributed by atoms with Crippen molar-refractivity contribution in [1.29, 1.82) is 0 Å². The lowest BCUT2D eigenvalue weighted by molar-refractivity contribution is -0.384. The summed E-state index contributed by atoms with van der Waals surface area (Å²) in [6.45, 7) is 0. The maximum absolute atomic E-state index is 10.4. The molecule has 0 amide bonds. The molecule has 63 valence electrons. The van der Waals surface area contributed by atoms with Gasteiger partial charge in [0.05, 0.1) is 4.92 Å². The molecule has 2 aromatic carbocycles. The van der Waals surface area contributed by atoms with E-state index in [1.807, 2.05) is 12.1 Å². The number of non-ortho nitro benzene ring substituents is 1. The van der Waals surface area contributed by atoms with Crippen LogP contribution in [-0.2, 0) is 0 Å². The van der Waals surface area contributed by atoms with E-state index in [0.717, 1.165) is 10.8 Å². The molecule has 0 saturated heterocycles. The predicted octanol–water partition coefficient (Wildman–Crippen LogP) is 2.55. The van der Waals surface area contributed by atoms with Crippen LogP contribution in [0.2, 0.25) is 0 Å². The third-order valence-electron chi connectivity index (χ3n) is 1.86. The fourth-order valence-electron chi connectivity index (χ4n) is 1.22. The Bertz CT molecular complexity index is 465. The van der Waals surface area contributed by atoms with E-state index in [1.165, 1.54) is 12.1 Å². The lowest BCUT2D eigenvalue weighted by Gasteiger charge is -1.95. The number of benzene rings is 2. The van der Waals surface area contributed by atoms with Crippen LogP contribution in [0.15, 0.2) is 36.4 Å². The lowest BCUT2D eigenvalue weighted by atomic mass is 10.1. The van der Waals surface area contributed by atoms with E-state index in [-0.39, 0.29) is 5.69 Å². The summed E-state index contributed by atoms with van der Waals surface area (Å²) in [5.41, 5.74) is 0.106. The van der Waals surface area contributed by atoms with Crippen molar-refractivity contribution in [2.24, 2.45) is 0 Å². The van der Waals surface area contributed by atoms with E-state index in [0.29, 0.717) is 0 Å². The highest BCUT2D eigenvalue weighted by molar-refractivity contribution is 5.83. The molecule has 0 saturated carbocycles. The van der Waals surface area contributed by atoms with Gasteiger partial charge in [0.15, 0.2) is 0 Å². The van der Waals surface area contributed by atoms with Crippen LogP contribution >= 0.6 is 0 Å². The third kappa shape index (κ3) is 1.36. The maximum Gasteiger partial charge on any atom is 0.270 e. The van der Waals surface area contributed by atoms with E-state index >= 15 is 0 Å². The van der Waals surface area contributed by atoms with Crippen LogP contribution in [0.1, 0.15) is 0 Å². The molecule has 13 heavy (non-hydrogen) atoms. The van der Waals surface area contributed by atoms with Crippen molar-refractivity contribution in [3.05, 3.63) is 52.6 Å². The van der Waals surface area contributed by atoms with Gasteiger partial charge in [-0.2, -0.15) is 0 Å². The molecule has 0 aromatic heterocycles. The Labute approximate surface area is 74.8 Å². The van der Waals surface area contributed by atoms with Crippen LogP contribution in [-0.4, -0.2) is 4.92 Å². The number of nitro groups is 1. The van der Waals surface area contributed by atoms with Crippen molar-refractivity contribution in [3.63, 3.8) is 0 Å². The average molecular weight is 172 g/mol. The van der Waals surface area contributed by atoms with Crippen LogP contribution in [0.5, 0.6) is 0 Å². The fourth-order valence-corrected chi connectivity index (χ4v) is 1.22. The van der Waals surface area contributed by atoms with Crippen molar-refractivity contribution < 1.29 is 4.92 Å². The highest BCUT2D eigenvalue weighted by Crippen LogP contribution is 2.19. The molecular formula is C10H6NO2. The van der Waals surface area contributed by atoms with E-state index < -0.39 is 4.92 Å². The van der Waals surface area contributed by atoms with Crippen LogP contribution in [0.3, 0.4) is 0 Å². The normalized spacial score (nSPS) is 10.2. The number of hydrogen-bond acceptors (Lipinski definition) is 2. The van der Waals surface area contributed by atoms with E-state index in [2.05, 4.69) is 6.07 Å². The number of fused-ring (bicyclic) bond motifs is 1. The maximum atomic E-state index is 10.4. The van der Waals surface area contributed by atoms with E-state index in [9.17, 15) is 10.1 Å². The van der Waals surface area contributed by atoms with Gasteiger partial charge in [-0.1, -0.05) is 18.2 Å². The molecule has 2 aromatic rings. The molecule has 3 nitrogen and oxygen atoms in total. The standard InChI is InChI=1S/C10H6NO2/c12-11(13)10-6-5-8-3-1-2-4-9(8)7-10/h1-3,5-7H. The van der Waals surface area contributed by atoms with Crippen molar-refractivity contribution in [2.75, 3.05) is 0 Å². The molecule has 0 aliphatic rings. The summed E-state index contributed by atoms with van der Waals surface area (Å²) >= 11 is 0. The second kappa shape index (κ2) is 2.86. The Morgan fingerprint density at radius 3 is 2.92 bits per heavy atom. The van der Waals surface area contributed by atoms with E-state index in [1.54, 1.807) is 12.1 Å². The summed E-state index contributed by atoms with van der Waals surface area (Å²) in [7, 11) is 0. The third-order valence-corrected chi connectivity index (χ3v) is 1.86. The molecule has 0 fully saturated rings. The molecule has 0 atom stereocenters. The minimum Gasteiger partial charge on any atom is -0.258 e. The van der Waals surface area contributed by atoms with E-state index in [4.69, 9.17) is 0 Å². The topological polar surface area (TPSA) is 43.1 Å². The molecule has 0 unspecified atom stereocenters. The van der Waals surface area contributed by atoms with Crippen molar-refractivity contribution >= 4 is 16.5 Å². The summed E-state index contributed by atoms with van der Waals surface area (Å²) in [5.74, 6) is 0. The Morgan fingerprint density at radius 1 is 1.31 bits per heavy atom. The van der Waals surface area contributed by atoms with Gasteiger partial charge in [0.25, 0.3) is 5.69 Å². The van der Waals surface area contributed by atoms with Crippen molar-refractivity contribution in [1.82, 2.24) is 0 Å². The summed E-state index contributed by atoms with van der Waals surface area (Å²) in [4.78, 5) is 10.0. The van der Waals surface area contributed by atoms with Crippen molar-refractivity contribution in [2.45, 2.75) is 0 Å². The summed E-state index contributed by atoms with van der Waals surface area (Å²) in [6, 6.07) is 13.2. The van der Waals surface area contributed by atoms with Crippen LogP contribution < -0.4 is 0 Å². The van der Waals surface area contributed by atoms with Gasteiger partial charge in [0, 0.05) is 12.1 Å². The summed E-state index contributed by atoms with van der Waals surface area (Å²) < 4.78 is 0. The molecule has 0 N–H and O–H groups in total. The first-order valence-corrected chi connectivity index (χ1v) is 3.82. The quantitative estimate of drug-likeness (QED) is 0.490. The lowest BCUT2D eigenvalue weighted by Crippen LogP contribution is -1.86. The highest BCUT2D eigenvalue weighted by Gasteiger charge is 2.04. The molecule has 0 spiro atoms. The summed E-state index contributed by atoms with van der Waals surface area (Å²) in [5, 5.41) is 12.2. The molecular weight excluding hydrogens is 166 g/mol. The predicted molar refractivity (Wildman–Crippen MR) is 49.4 cm³/mol. The Morgan fingerprint density at radius 2 is 2.15 bits per heavy atom. The first-order valence-electron chi connectivity index (χ1n) is 3.82. The van der Waals surface area contributed by atoms with Crippen molar-refractivity contribution in [3.8, 4) is 0 Å². The molecule has 2 rings (SSSR count). The first kappa shape index (κ1) is 7.73. The van der Waals surface area contributed by atoms with Gasteiger partial charge < -0.3 is 0 Å². The van der Waals surface area contributed by atoms with Gasteiger partial charge in [-0.15, -0.1) is 0 Å². The monoisotopic (exact) mass is 172 g/mol. The SMILES string of the molecule is O=[N+]([O-])c1ccc2ccc[c]c2c1. The summed E-state index contributed by atoms with van der Waals surface area (Å²) in [6.07, 6.45) is 0. The number of nitrogens with zero attached hydrogens (tertiary/aromatic N) is 1. The van der Waals surface area contributed by atoms with Gasteiger partial charge >= 0.3 is 0 Å². The molecule has 0 aliphatic heterocycles. The van der Waals surface area contributed by atoms with Gasteiger partial charge in [0.2, 0.25) is 0 Å². The van der Waals surface area contributed by atoms with Crippen LogP contribution in [0, 0.1) is 16.2 Å². The second-order valence-electron chi connectivity index (χ2n) is 2.70. The average Bonchev–Trinajstić information content (AvgIpc) is 2.17. The minimum absolute atomic E-state index is 0.106. The Balaban J connectivity index is 2.69. The van der Waals surface area contributed by atoms with Crippen LogP contribution in [0.4, 0.5) is 5.69 Å². The fraction of sp³-hybridized carbons (Fsp3) is 0. The molecule has 1 radical (unpaired) electrons. The highest BCUT2D eigenvalue weighted by atomic mass is 16.6. The molecule has 0 aliphatic carbocycles. The number of hydrogen-bond donors (Lipinski definition) is 0. The largest absolute Gasteiger partial charge is 0.270 e. The second-order valence-corrected chi connectivity index (χ2v) is 2.70. The van der Waals surface area contributed by atoms with Gasteiger partial charge in [0.1, 0.15) is 0 Å². The number of nitro benzene ring substituents is 1. The van der Waals surface area contributed by atoms with Gasteiger partial charge in [-0.25, -0.2) is 0 Å². The first-order chi connectivity index (χ1) is 6.27.